The molecule has 2 saturated heterocycles. The molecule has 2 unspecified atom stereocenters. The third-order valence-electron chi connectivity index (χ3n) is 4.37. The van der Waals surface area contributed by atoms with E-state index in [1.165, 1.54) is 25.7 Å². The summed E-state index contributed by atoms with van der Waals surface area (Å²) in [6, 6.07) is 2.60. The lowest BCUT2D eigenvalue weighted by atomic mass is 9.82. The Morgan fingerprint density at radius 2 is 1.43 bits per heavy atom. The fourth-order valence-corrected chi connectivity index (χ4v) is 3.64. The zero-order valence-corrected chi connectivity index (χ0v) is 10.2. The summed E-state index contributed by atoms with van der Waals surface area (Å²) in [4.78, 5) is 2.79. The first kappa shape index (κ1) is 10.5. The van der Waals surface area contributed by atoms with E-state index in [0.29, 0.717) is 0 Å². The fourth-order valence-electron chi connectivity index (χ4n) is 3.64. The molecule has 1 nitrogen and oxygen atoms in total. The molecule has 0 aliphatic carbocycles. The lowest BCUT2D eigenvalue weighted by Gasteiger charge is -2.42. The molecule has 2 aliphatic heterocycles. The summed E-state index contributed by atoms with van der Waals surface area (Å²) in [5.74, 6) is 1.90. The number of piperidine rings is 1. The van der Waals surface area contributed by atoms with E-state index >= 15 is 0 Å². The van der Waals surface area contributed by atoms with E-state index in [1.54, 1.807) is 0 Å². The van der Waals surface area contributed by atoms with Crippen LogP contribution in [-0.4, -0.2) is 23.0 Å². The van der Waals surface area contributed by atoms with Crippen LogP contribution in [0.15, 0.2) is 0 Å². The normalized spacial score (nSPS) is 38.6. The van der Waals surface area contributed by atoms with Crippen LogP contribution in [0.3, 0.4) is 0 Å². The Kier molecular flexibility index (Phi) is 2.88. The summed E-state index contributed by atoms with van der Waals surface area (Å²) in [5.41, 5.74) is 0. The largest absolute Gasteiger partial charge is 0.295 e. The van der Waals surface area contributed by atoms with Gasteiger partial charge in [-0.25, -0.2) is 0 Å². The van der Waals surface area contributed by atoms with Crippen LogP contribution < -0.4 is 0 Å². The molecule has 0 aromatic carbocycles. The highest BCUT2D eigenvalue weighted by Crippen LogP contribution is 2.42. The third kappa shape index (κ3) is 1.71. The summed E-state index contributed by atoms with van der Waals surface area (Å²) in [5, 5.41) is 0. The van der Waals surface area contributed by atoms with Gasteiger partial charge in [0.2, 0.25) is 0 Å². The van der Waals surface area contributed by atoms with Crippen LogP contribution in [0.2, 0.25) is 0 Å². The van der Waals surface area contributed by atoms with E-state index in [4.69, 9.17) is 0 Å². The van der Waals surface area contributed by atoms with E-state index in [2.05, 4.69) is 32.6 Å². The molecular formula is C13H25N. The van der Waals surface area contributed by atoms with E-state index in [0.717, 1.165) is 30.0 Å². The van der Waals surface area contributed by atoms with Gasteiger partial charge in [-0.1, -0.05) is 13.8 Å². The molecule has 2 heterocycles. The molecule has 0 saturated carbocycles. The third-order valence-corrected chi connectivity index (χ3v) is 4.37. The molecule has 2 bridgehead atoms. The van der Waals surface area contributed by atoms with Gasteiger partial charge in [-0.05, 0) is 51.4 Å². The average Bonchev–Trinajstić information content (AvgIpc) is 2.37. The van der Waals surface area contributed by atoms with Crippen molar-refractivity contribution in [1.82, 2.24) is 4.90 Å². The van der Waals surface area contributed by atoms with Gasteiger partial charge >= 0.3 is 0 Å². The Bertz CT molecular complexity index is 183. The van der Waals surface area contributed by atoms with Crippen LogP contribution >= 0.6 is 0 Å². The highest BCUT2D eigenvalue weighted by molar-refractivity contribution is 4.96. The Balaban J connectivity index is 2.05. The minimum atomic E-state index is 0.764. The maximum absolute atomic E-state index is 2.79. The van der Waals surface area contributed by atoms with E-state index in [9.17, 15) is 0 Å². The van der Waals surface area contributed by atoms with E-state index in [1.807, 2.05) is 0 Å². The summed E-state index contributed by atoms with van der Waals surface area (Å²) in [6.07, 6.45) is 5.86. The predicted molar refractivity (Wildman–Crippen MR) is 61.3 cm³/mol. The Morgan fingerprint density at radius 1 is 0.929 bits per heavy atom. The first-order valence-corrected chi connectivity index (χ1v) is 6.37. The van der Waals surface area contributed by atoms with Crippen molar-refractivity contribution >= 4 is 0 Å². The molecule has 0 N–H and O–H groups in total. The van der Waals surface area contributed by atoms with Gasteiger partial charge in [-0.15, -0.1) is 0 Å². The monoisotopic (exact) mass is 195 g/mol. The molecule has 14 heavy (non-hydrogen) atoms. The van der Waals surface area contributed by atoms with Gasteiger partial charge in [0, 0.05) is 18.1 Å². The lowest BCUT2D eigenvalue weighted by Crippen LogP contribution is -2.47. The maximum Gasteiger partial charge on any atom is 0.0104 e. The van der Waals surface area contributed by atoms with Gasteiger partial charge in [0.15, 0.2) is 0 Å². The summed E-state index contributed by atoms with van der Waals surface area (Å²) >= 11 is 0. The summed E-state index contributed by atoms with van der Waals surface area (Å²) in [7, 11) is 0. The van der Waals surface area contributed by atoms with Crippen molar-refractivity contribution in [3.05, 3.63) is 0 Å². The number of nitrogens with zero attached hydrogens (tertiary/aromatic N) is 1. The first-order valence-electron chi connectivity index (χ1n) is 6.37. The SMILES string of the molecule is CC(C)C1CC2CCC(C1)N2C(C)C. The van der Waals surface area contributed by atoms with Crippen molar-refractivity contribution < 1.29 is 0 Å². The maximum atomic E-state index is 2.79. The van der Waals surface area contributed by atoms with Crippen molar-refractivity contribution in [2.75, 3.05) is 0 Å². The van der Waals surface area contributed by atoms with Gasteiger partial charge in [0.1, 0.15) is 0 Å². The van der Waals surface area contributed by atoms with Crippen molar-refractivity contribution in [2.45, 2.75) is 71.5 Å². The van der Waals surface area contributed by atoms with Crippen molar-refractivity contribution in [3.8, 4) is 0 Å². The number of fused-ring (bicyclic) bond motifs is 2. The highest BCUT2D eigenvalue weighted by Gasteiger charge is 2.42. The summed E-state index contributed by atoms with van der Waals surface area (Å²) < 4.78 is 0. The molecule has 1 heteroatoms. The zero-order chi connectivity index (χ0) is 10.3. The Labute approximate surface area is 88.9 Å². The second kappa shape index (κ2) is 3.84. The molecule has 2 atom stereocenters. The first-order chi connectivity index (χ1) is 6.59. The number of hydrogen-bond donors (Lipinski definition) is 0. The van der Waals surface area contributed by atoms with E-state index in [-0.39, 0.29) is 0 Å². The van der Waals surface area contributed by atoms with Crippen LogP contribution in [0.5, 0.6) is 0 Å². The molecule has 0 amide bonds. The van der Waals surface area contributed by atoms with Gasteiger partial charge < -0.3 is 0 Å². The van der Waals surface area contributed by atoms with Crippen LogP contribution in [0, 0.1) is 11.8 Å². The minimum absolute atomic E-state index is 0.764. The van der Waals surface area contributed by atoms with Crippen molar-refractivity contribution in [2.24, 2.45) is 11.8 Å². The zero-order valence-electron chi connectivity index (χ0n) is 10.2. The van der Waals surface area contributed by atoms with Gasteiger partial charge in [0.25, 0.3) is 0 Å². The van der Waals surface area contributed by atoms with Crippen LogP contribution in [0.4, 0.5) is 0 Å². The number of hydrogen-bond acceptors (Lipinski definition) is 1. The molecule has 2 rings (SSSR count). The fraction of sp³-hybridized carbons (Fsp3) is 1.00. The van der Waals surface area contributed by atoms with Gasteiger partial charge in [0.05, 0.1) is 0 Å². The second-order valence-corrected chi connectivity index (χ2v) is 5.90. The standard InChI is InChI=1S/C13H25N/c1-9(2)11-7-12-5-6-13(8-11)14(12)10(3)4/h9-13H,5-8H2,1-4H3. The van der Waals surface area contributed by atoms with Gasteiger partial charge in [-0.2, -0.15) is 0 Å². The molecular weight excluding hydrogens is 170 g/mol. The molecule has 2 fully saturated rings. The van der Waals surface area contributed by atoms with Crippen molar-refractivity contribution in [1.29, 1.82) is 0 Å². The van der Waals surface area contributed by atoms with E-state index < -0.39 is 0 Å². The quantitative estimate of drug-likeness (QED) is 0.653. The molecule has 0 spiro atoms. The van der Waals surface area contributed by atoms with Crippen LogP contribution in [0.1, 0.15) is 53.4 Å². The molecule has 0 aromatic rings. The Morgan fingerprint density at radius 3 is 1.79 bits per heavy atom. The predicted octanol–water partition coefficient (Wildman–Crippen LogP) is 3.29. The molecule has 0 radical (unpaired) electrons. The topological polar surface area (TPSA) is 3.24 Å². The second-order valence-electron chi connectivity index (χ2n) is 5.90. The molecule has 82 valence electrons. The number of rotatable bonds is 2. The average molecular weight is 195 g/mol. The smallest absolute Gasteiger partial charge is 0.0104 e. The molecule has 2 aliphatic rings. The van der Waals surface area contributed by atoms with Crippen molar-refractivity contribution in [3.63, 3.8) is 0 Å². The van der Waals surface area contributed by atoms with Crippen LogP contribution in [0.25, 0.3) is 0 Å². The Hall–Kier alpha value is -0.0400. The van der Waals surface area contributed by atoms with Crippen LogP contribution in [-0.2, 0) is 0 Å². The highest BCUT2D eigenvalue weighted by atomic mass is 15.2. The summed E-state index contributed by atoms with van der Waals surface area (Å²) in [6.45, 7) is 9.52. The lowest BCUT2D eigenvalue weighted by molar-refractivity contribution is 0.0588. The van der Waals surface area contributed by atoms with Gasteiger partial charge in [-0.3, -0.25) is 4.90 Å². The minimum Gasteiger partial charge on any atom is -0.295 e. The molecule has 0 aromatic heterocycles.